The van der Waals surface area contributed by atoms with Crippen LogP contribution in [0.1, 0.15) is 43.5 Å². The molecule has 1 aromatic rings. The fourth-order valence-electron chi connectivity index (χ4n) is 2.74. The van der Waals surface area contributed by atoms with Crippen molar-refractivity contribution in [2.45, 2.75) is 45.2 Å². The van der Waals surface area contributed by atoms with Crippen LogP contribution in [0.4, 0.5) is 5.69 Å². The van der Waals surface area contributed by atoms with E-state index in [0.29, 0.717) is 17.7 Å². The van der Waals surface area contributed by atoms with E-state index >= 15 is 0 Å². The van der Waals surface area contributed by atoms with Gasteiger partial charge in [-0.25, -0.2) is 8.42 Å². The van der Waals surface area contributed by atoms with Crippen molar-refractivity contribution < 1.29 is 13.2 Å². The van der Waals surface area contributed by atoms with Gasteiger partial charge in [0.2, 0.25) is 10.0 Å². The van der Waals surface area contributed by atoms with Crippen LogP contribution in [0.15, 0.2) is 24.3 Å². The molecule has 3 N–H and O–H groups in total. The number of para-hydroxylation sites is 1. The quantitative estimate of drug-likeness (QED) is 0.736. The van der Waals surface area contributed by atoms with Gasteiger partial charge in [0.05, 0.1) is 17.0 Å². The monoisotopic (exact) mass is 339 g/mol. The second kappa shape index (κ2) is 7.79. The van der Waals surface area contributed by atoms with Gasteiger partial charge in [-0.2, -0.15) is 0 Å². The number of nitrogens with one attached hydrogen (secondary N) is 3. The van der Waals surface area contributed by atoms with Gasteiger partial charge in [-0.3, -0.25) is 9.52 Å². The average Bonchev–Trinajstić information content (AvgIpc) is 2.49. The number of rotatable bonds is 6. The van der Waals surface area contributed by atoms with Gasteiger partial charge in [-0.05, 0) is 44.9 Å². The van der Waals surface area contributed by atoms with Crippen LogP contribution in [0.25, 0.3) is 0 Å². The summed E-state index contributed by atoms with van der Waals surface area (Å²) in [6, 6.07) is 6.96. The van der Waals surface area contributed by atoms with E-state index in [9.17, 15) is 13.2 Å². The van der Waals surface area contributed by atoms with E-state index in [4.69, 9.17) is 0 Å². The number of sulfonamides is 1. The summed E-state index contributed by atoms with van der Waals surface area (Å²) in [5, 5.41) is 6.34. The van der Waals surface area contributed by atoms with E-state index < -0.39 is 10.0 Å². The molecule has 0 aromatic heterocycles. The van der Waals surface area contributed by atoms with E-state index in [1.54, 1.807) is 31.2 Å². The lowest BCUT2D eigenvalue weighted by atomic mass is 9.99. The zero-order chi connectivity index (χ0) is 16.9. The van der Waals surface area contributed by atoms with Crippen LogP contribution in [0.2, 0.25) is 0 Å². The number of anilines is 1. The van der Waals surface area contributed by atoms with Gasteiger partial charge in [0.1, 0.15) is 0 Å². The SMILES string of the molecule is CCCS(=O)(=O)Nc1ccccc1C(=O)NC1CCCNC1C. The predicted octanol–water partition coefficient (Wildman–Crippen LogP) is 1.71. The topological polar surface area (TPSA) is 87.3 Å². The molecule has 1 fully saturated rings. The lowest BCUT2D eigenvalue weighted by Gasteiger charge is -2.30. The molecule has 1 aliphatic rings. The number of hydrogen-bond acceptors (Lipinski definition) is 4. The summed E-state index contributed by atoms with van der Waals surface area (Å²) < 4.78 is 26.4. The highest BCUT2D eigenvalue weighted by atomic mass is 32.2. The Bertz CT molecular complexity index is 646. The molecule has 1 heterocycles. The summed E-state index contributed by atoms with van der Waals surface area (Å²) in [4.78, 5) is 12.5. The summed E-state index contributed by atoms with van der Waals surface area (Å²) in [6.07, 6.45) is 2.46. The lowest BCUT2D eigenvalue weighted by molar-refractivity contribution is 0.0921. The van der Waals surface area contributed by atoms with Crippen molar-refractivity contribution in [3.8, 4) is 0 Å². The Morgan fingerprint density at radius 2 is 2.09 bits per heavy atom. The molecule has 7 heteroatoms. The number of piperidine rings is 1. The third-order valence-electron chi connectivity index (χ3n) is 3.99. The summed E-state index contributed by atoms with van der Waals surface area (Å²) in [5.74, 6) is -0.215. The molecule has 0 saturated carbocycles. The van der Waals surface area contributed by atoms with E-state index in [-0.39, 0.29) is 23.7 Å². The number of amides is 1. The highest BCUT2D eigenvalue weighted by Crippen LogP contribution is 2.18. The zero-order valence-electron chi connectivity index (χ0n) is 13.6. The molecular weight excluding hydrogens is 314 g/mol. The molecule has 1 saturated heterocycles. The molecule has 128 valence electrons. The van der Waals surface area contributed by atoms with Crippen LogP contribution >= 0.6 is 0 Å². The summed E-state index contributed by atoms with van der Waals surface area (Å²) in [6.45, 7) is 4.80. The fourth-order valence-corrected chi connectivity index (χ4v) is 3.90. The molecule has 2 unspecified atom stereocenters. The molecule has 6 nitrogen and oxygen atoms in total. The first-order valence-corrected chi connectivity index (χ1v) is 9.72. The third-order valence-corrected chi connectivity index (χ3v) is 5.46. The first kappa shape index (κ1) is 17.7. The molecule has 23 heavy (non-hydrogen) atoms. The van der Waals surface area contributed by atoms with E-state index in [2.05, 4.69) is 15.4 Å². The number of carbonyl (C=O) groups is 1. The second-order valence-electron chi connectivity index (χ2n) is 5.93. The number of hydrogen-bond donors (Lipinski definition) is 3. The van der Waals surface area contributed by atoms with Gasteiger partial charge < -0.3 is 10.6 Å². The first-order valence-electron chi connectivity index (χ1n) is 8.06. The van der Waals surface area contributed by atoms with Crippen LogP contribution in [-0.2, 0) is 10.0 Å². The Labute approximate surface area is 138 Å². The summed E-state index contributed by atoms with van der Waals surface area (Å²) in [7, 11) is -3.43. The van der Waals surface area contributed by atoms with Crippen LogP contribution in [0, 0.1) is 0 Å². The second-order valence-corrected chi connectivity index (χ2v) is 7.77. The molecule has 0 aliphatic carbocycles. The normalized spacial score (nSPS) is 21.7. The van der Waals surface area contributed by atoms with Gasteiger partial charge in [0.15, 0.2) is 0 Å². The van der Waals surface area contributed by atoms with Crippen molar-refractivity contribution in [3.05, 3.63) is 29.8 Å². The molecule has 0 bridgehead atoms. The Morgan fingerprint density at radius 3 is 2.78 bits per heavy atom. The van der Waals surface area contributed by atoms with Crippen LogP contribution in [0.5, 0.6) is 0 Å². The molecule has 0 spiro atoms. The first-order chi connectivity index (χ1) is 10.9. The largest absolute Gasteiger partial charge is 0.348 e. The van der Waals surface area contributed by atoms with E-state index in [0.717, 1.165) is 19.4 Å². The van der Waals surface area contributed by atoms with Gasteiger partial charge in [-0.15, -0.1) is 0 Å². The Morgan fingerprint density at radius 1 is 1.35 bits per heavy atom. The number of benzene rings is 1. The molecule has 1 amide bonds. The van der Waals surface area contributed by atoms with Crippen molar-refractivity contribution >= 4 is 21.6 Å². The standard InChI is InChI=1S/C16H25N3O3S/c1-3-11-23(21,22)19-15-8-5-4-7-13(15)16(20)18-14-9-6-10-17-12(14)2/h4-5,7-8,12,14,17,19H,3,6,9-11H2,1-2H3,(H,18,20). The number of carbonyl (C=O) groups excluding carboxylic acids is 1. The minimum absolute atomic E-state index is 0.0343. The molecule has 0 radical (unpaired) electrons. The zero-order valence-corrected chi connectivity index (χ0v) is 14.4. The van der Waals surface area contributed by atoms with Crippen LogP contribution in [-0.4, -0.2) is 38.7 Å². The Hall–Kier alpha value is -1.60. The van der Waals surface area contributed by atoms with E-state index in [1.165, 1.54) is 0 Å². The van der Waals surface area contributed by atoms with Gasteiger partial charge in [-0.1, -0.05) is 19.1 Å². The minimum Gasteiger partial charge on any atom is -0.348 e. The van der Waals surface area contributed by atoms with Gasteiger partial charge in [0.25, 0.3) is 5.91 Å². The third kappa shape index (κ3) is 4.94. The van der Waals surface area contributed by atoms with Crippen molar-refractivity contribution in [2.24, 2.45) is 0 Å². The highest BCUT2D eigenvalue weighted by molar-refractivity contribution is 7.92. The fraction of sp³-hybridized carbons (Fsp3) is 0.562. The molecule has 1 aromatic carbocycles. The smallest absolute Gasteiger partial charge is 0.253 e. The van der Waals surface area contributed by atoms with Crippen LogP contribution < -0.4 is 15.4 Å². The Balaban J connectivity index is 2.14. The van der Waals surface area contributed by atoms with E-state index in [1.807, 2.05) is 6.92 Å². The molecule has 2 atom stereocenters. The average molecular weight is 339 g/mol. The van der Waals surface area contributed by atoms with Crippen molar-refractivity contribution in [1.29, 1.82) is 0 Å². The maximum Gasteiger partial charge on any atom is 0.253 e. The van der Waals surface area contributed by atoms with Gasteiger partial charge in [0, 0.05) is 12.1 Å². The molecule has 1 aliphatic heterocycles. The summed E-state index contributed by atoms with van der Waals surface area (Å²) in [5.41, 5.74) is 0.680. The van der Waals surface area contributed by atoms with Crippen LogP contribution in [0.3, 0.4) is 0 Å². The highest BCUT2D eigenvalue weighted by Gasteiger charge is 2.24. The van der Waals surface area contributed by atoms with Gasteiger partial charge >= 0.3 is 0 Å². The maximum atomic E-state index is 12.5. The van der Waals surface area contributed by atoms with Crippen molar-refractivity contribution in [1.82, 2.24) is 10.6 Å². The molecule has 2 rings (SSSR count). The van der Waals surface area contributed by atoms with Crippen molar-refractivity contribution in [2.75, 3.05) is 17.0 Å². The lowest BCUT2D eigenvalue weighted by Crippen LogP contribution is -2.52. The summed E-state index contributed by atoms with van der Waals surface area (Å²) >= 11 is 0. The van der Waals surface area contributed by atoms with Crippen molar-refractivity contribution in [3.63, 3.8) is 0 Å². The minimum atomic E-state index is -3.43. The maximum absolute atomic E-state index is 12.5. The molecular formula is C16H25N3O3S. The predicted molar refractivity (Wildman–Crippen MR) is 92.1 cm³/mol. The Kier molecular flexibility index (Phi) is 6.01.